The molecular weight excluding hydrogens is 400 g/mol. The fourth-order valence-corrected chi connectivity index (χ4v) is 3.92. The normalized spacial score (nSPS) is 24.4. The van der Waals surface area contributed by atoms with Crippen molar-refractivity contribution >= 4 is 18.0 Å². The van der Waals surface area contributed by atoms with Crippen LogP contribution in [0.1, 0.15) is 39.2 Å². The fourth-order valence-electron chi connectivity index (χ4n) is 3.92. The zero-order valence-electron chi connectivity index (χ0n) is 18.9. The maximum Gasteiger partial charge on any atom is 0.411 e. The van der Waals surface area contributed by atoms with Crippen LogP contribution in [0, 0.1) is 5.41 Å². The summed E-state index contributed by atoms with van der Waals surface area (Å²) in [5.74, 6) is -0.583. The molecule has 0 spiro atoms. The number of amides is 2. The number of benzene rings is 1. The van der Waals surface area contributed by atoms with Crippen molar-refractivity contribution in [1.29, 1.82) is 0 Å². The molecule has 170 valence electrons. The maximum atomic E-state index is 12.9. The van der Waals surface area contributed by atoms with E-state index in [-0.39, 0.29) is 30.6 Å². The van der Waals surface area contributed by atoms with Crippen molar-refractivity contribution in [3.05, 3.63) is 35.9 Å². The minimum atomic E-state index is -0.731. The van der Waals surface area contributed by atoms with Crippen LogP contribution in [0.25, 0.3) is 0 Å². The fraction of sp³-hybridized carbons (Fsp3) is 0.609. The maximum absolute atomic E-state index is 12.9. The standard InChI is InChI=1S/C23H32N2O6/c1-22(2,3)31-21(28)25-17(20(27)30-13-16-9-7-6-8-10-16)11-23(12-18(23)25)15-29-14-19(26)24(4)5/h6-10,17-18H,11-15H2,1-5H3/t17-,18?,23-/m0/s1. The Labute approximate surface area is 183 Å². The second kappa shape index (κ2) is 8.86. The number of likely N-dealkylation sites (tertiary alicyclic amines) is 1. The Hall–Kier alpha value is -2.61. The summed E-state index contributed by atoms with van der Waals surface area (Å²) in [5, 5.41) is 0. The number of hydrogen-bond acceptors (Lipinski definition) is 6. The molecule has 2 amide bonds. The van der Waals surface area contributed by atoms with Gasteiger partial charge in [-0.2, -0.15) is 0 Å². The van der Waals surface area contributed by atoms with E-state index in [0.29, 0.717) is 19.4 Å². The first-order chi connectivity index (χ1) is 14.5. The van der Waals surface area contributed by atoms with Gasteiger partial charge in [-0.15, -0.1) is 0 Å². The number of esters is 1. The van der Waals surface area contributed by atoms with Gasteiger partial charge >= 0.3 is 12.1 Å². The second-order valence-electron chi connectivity index (χ2n) is 9.56. The van der Waals surface area contributed by atoms with Crippen molar-refractivity contribution in [2.45, 2.75) is 57.9 Å². The Morgan fingerprint density at radius 3 is 2.42 bits per heavy atom. The second-order valence-corrected chi connectivity index (χ2v) is 9.56. The van der Waals surface area contributed by atoms with Crippen molar-refractivity contribution in [1.82, 2.24) is 9.80 Å². The molecule has 0 radical (unpaired) electrons. The molecule has 1 aromatic rings. The van der Waals surface area contributed by atoms with E-state index in [9.17, 15) is 14.4 Å². The first-order valence-electron chi connectivity index (χ1n) is 10.5. The van der Waals surface area contributed by atoms with Gasteiger partial charge in [-0.05, 0) is 39.2 Å². The third kappa shape index (κ3) is 5.55. The number of carbonyl (C=O) groups is 3. The summed E-state index contributed by atoms with van der Waals surface area (Å²) < 4.78 is 16.7. The Kier molecular flexibility index (Phi) is 6.59. The molecule has 31 heavy (non-hydrogen) atoms. The van der Waals surface area contributed by atoms with Gasteiger partial charge in [0.1, 0.15) is 24.9 Å². The summed E-state index contributed by atoms with van der Waals surface area (Å²) in [6.07, 6.45) is 0.619. The van der Waals surface area contributed by atoms with Gasteiger partial charge in [0.15, 0.2) is 0 Å². The van der Waals surface area contributed by atoms with Crippen LogP contribution < -0.4 is 0 Å². The van der Waals surface area contributed by atoms with Gasteiger partial charge in [-0.1, -0.05) is 30.3 Å². The molecule has 3 rings (SSSR count). The van der Waals surface area contributed by atoms with Gasteiger partial charge in [0, 0.05) is 25.6 Å². The van der Waals surface area contributed by atoms with E-state index in [1.165, 1.54) is 9.80 Å². The highest BCUT2D eigenvalue weighted by molar-refractivity contribution is 5.83. The smallest absolute Gasteiger partial charge is 0.411 e. The molecule has 1 saturated heterocycles. The van der Waals surface area contributed by atoms with Gasteiger partial charge in [0.05, 0.1) is 6.61 Å². The lowest BCUT2D eigenvalue weighted by Gasteiger charge is -2.29. The number of rotatable bonds is 7. The average molecular weight is 433 g/mol. The first kappa shape index (κ1) is 23.1. The van der Waals surface area contributed by atoms with Crippen molar-refractivity contribution < 1.29 is 28.6 Å². The quantitative estimate of drug-likeness (QED) is 0.616. The van der Waals surface area contributed by atoms with Crippen LogP contribution in [-0.4, -0.2) is 72.8 Å². The number of ether oxygens (including phenoxy) is 3. The summed E-state index contributed by atoms with van der Waals surface area (Å²) in [6, 6.07) is 8.51. The van der Waals surface area contributed by atoms with Crippen molar-refractivity contribution in [3.8, 4) is 0 Å². The number of nitrogens with zero attached hydrogens (tertiary/aromatic N) is 2. The Balaban J connectivity index is 1.67. The van der Waals surface area contributed by atoms with E-state index < -0.39 is 23.7 Å². The zero-order valence-corrected chi connectivity index (χ0v) is 18.9. The largest absolute Gasteiger partial charge is 0.459 e. The van der Waals surface area contributed by atoms with Crippen molar-refractivity contribution in [3.63, 3.8) is 0 Å². The van der Waals surface area contributed by atoms with E-state index >= 15 is 0 Å². The van der Waals surface area contributed by atoms with Gasteiger partial charge in [-0.3, -0.25) is 9.69 Å². The monoisotopic (exact) mass is 432 g/mol. The molecule has 0 aromatic heterocycles. The lowest BCUT2D eigenvalue weighted by Crippen LogP contribution is -2.46. The summed E-state index contributed by atoms with van der Waals surface area (Å²) in [7, 11) is 3.34. The highest BCUT2D eigenvalue weighted by Crippen LogP contribution is 2.60. The van der Waals surface area contributed by atoms with Crippen LogP contribution >= 0.6 is 0 Å². The lowest BCUT2D eigenvalue weighted by atomic mass is 10.0. The molecule has 8 nitrogen and oxygen atoms in total. The summed E-state index contributed by atoms with van der Waals surface area (Å²) in [5.41, 5.74) is -0.146. The molecule has 1 unspecified atom stereocenters. The van der Waals surface area contributed by atoms with E-state index in [0.717, 1.165) is 5.56 Å². The number of fused-ring (bicyclic) bond motifs is 1. The van der Waals surface area contributed by atoms with E-state index in [1.807, 2.05) is 30.3 Å². The number of carbonyl (C=O) groups excluding carboxylic acids is 3. The molecule has 1 aromatic carbocycles. The topological polar surface area (TPSA) is 85.4 Å². The average Bonchev–Trinajstić information content (AvgIpc) is 3.28. The summed E-state index contributed by atoms with van der Waals surface area (Å²) >= 11 is 0. The molecule has 0 bridgehead atoms. The van der Waals surface area contributed by atoms with Crippen LogP contribution in [0.4, 0.5) is 4.79 Å². The van der Waals surface area contributed by atoms with Crippen LogP contribution in [0.5, 0.6) is 0 Å². The number of piperidine rings is 1. The van der Waals surface area contributed by atoms with Crippen LogP contribution in [0.3, 0.4) is 0 Å². The first-order valence-corrected chi connectivity index (χ1v) is 10.5. The van der Waals surface area contributed by atoms with E-state index in [1.54, 1.807) is 34.9 Å². The third-order valence-corrected chi connectivity index (χ3v) is 5.63. The molecule has 1 heterocycles. The minimum Gasteiger partial charge on any atom is -0.459 e. The van der Waals surface area contributed by atoms with Gasteiger partial charge in [0.2, 0.25) is 5.91 Å². The number of likely N-dealkylation sites (N-methyl/N-ethyl adjacent to an activating group) is 1. The minimum absolute atomic E-state index is 0.0307. The van der Waals surface area contributed by atoms with Crippen molar-refractivity contribution in [2.24, 2.45) is 5.41 Å². The summed E-state index contributed by atoms with van der Waals surface area (Å²) in [4.78, 5) is 40.6. The van der Waals surface area contributed by atoms with Gasteiger partial charge < -0.3 is 19.1 Å². The molecule has 2 fully saturated rings. The predicted molar refractivity (Wildman–Crippen MR) is 113 cm³/mol. The summed E-state index contributed by atoms with van der Waals surface area (Å²) in [6.45, 7) is 5.79. The molecule has 1 saturated carbocycles. The Bertz CT molecular complexity index is 819. The number of hydrogen-bond donors (Lipinski definition) is 0. The van der Waals surface area contributed by atoms with Crippen molar-refractivity contribution in [2.75, 3.05) is 27.3 Å². The molecule has 2 aliphatic rings. The van der Waals surface area contributed by atoms with E-state index in [2.05, 4.69) is 0 Å². The molecule has 3 atom stereocenters. The molecule has 1 aliphatic carbocycles. The zero-order chi connectivity index (χ0) is 22.8. The predicted octanol–water partition coefficient (Wildman–Crippen LogP) is 2.60. The van der Waals surface area contributed by atoms with Gasteiger partial charge in [-0.25, -0.2) is 9.59 Å². The highest BCUT2D eigenvalue weighted by Gasteiger charge is 2.68. The highest BCUT2D eigenvalue weighted by atomic mass is 16.6. The molecule has 1 aliphatic heterocycles. The third-order valence-electron chi connectivity index (χ3n) is 5.63. The lowest BCUT2D eigenvalue weighted by molar-refractivity contribution is -0.151. The Morgan fingerprint density at radius 1 is 1.13 bits per heavy atom. The Morgan fingerprint density at radius 2 is 1.81 bits per heavy atom. The van der Waals surface area contributed by atoms with Crippen LogP contribution in [0.15, 0.2) is 30.3 Å². The van der Waals surface area contributed by atoms with Crippen LogP contribution in [-0.2, 0) is 30.4 Å². The van der Waals surface area contributed by atoms with Crippen LogP contribution in [0.2, 0.25) is 0 Å². The molecular formula is C23H32N2O6. The molecule has 0 N–H and O–H groups in total. The SMILES string of the molecule is CN(C)C(=O)COC[C@]12CC1N(C(=O)OC(C)(C)C)[C@H](C(=O)OCc1ccccc1)C2. The van der Waals surface area contributed by atoms with Gasteiger partial charge in [0.25, 0.3) is 0 Å². The molecule has 8 heteroatoms. The van der Waals surface area contributed by atoms with E-state index in [4.69, 9.17) is 14.2 Å².